The minimum absolute atomic E-state index is 0.0626. The second-order valence-electron chi connectivity index (χ2n) is 11.1. The Morgan fingerprint density at radius 1 is 1.26 bits per heavy atom. The highest BCUT2D eigenvalue weighted by atomic mass is 79.9. The smallest absolute Gasteiger partial charge is 0.307 e. The van der Waals surface area contributed by atoms with Crippen LogP contribution >= 0.6 is 15.9 Å². The van der Waals surface area contributed by atoms with Crippen molar-refractivity contribution in [2.45, 2.75) is 78.2 Å². The number of nitrogens with two attached hydrogens (primary N) is 1. The number of hydrogen-bond donors (Lipinski definition) is 3. The summed E-state index contributed by atoms with van der Waals surface area (Å²) >= 11 is 3.53. The van der Waals surface area contributed by atoms with Crippen molar-refractivity contribution in [3.05, 3.63) is 32.3 Å². The van der Waals surface area contributed by atoms with Crippen molar-refractivity contribution in [2.75, 3.05) is 19.7 Å². The van der Waals surface area contributed by atoms with E-state index in [1.54, 1.807) is 39.2 Å². The second kappa shape index (κ2) is 10.5. The van der Waals surface area contributed by atoms with Crippen molar-refractivity contribution >= 4 is 40.8 Å². The third-order valence-electron chi connectivity index (χ3n) is 5.36. The van der Waals surface area contributed by atoms with Gasteiger partial charge in [-0.2, -0.15) is 0 Å². The quantitative estimate of drug-likeness (QED) is 0.288. The molecule has 0 atom stereocenters. The van der Waals surface area contributed by atoms with E-state index in [1.807, 2.05) is 0 Å². The number of pyridine rings is 1. The molecule has 1 amide bonds. The van der Waals surface area contributed by atoms with E-state index in [0.717, 1.165) is 10.8 Å². The summed E-state index contributed by atoms with van der Waals surface area (Å²) in [5, 5.41) is 13.3. The maximum Gasteiger partial charge on any atom is 0.307 e. The van der Waals surface area contributed by atoms with Gasteiger partial charge in [-0.3, -0.25) is 9.59 Å². The molecule has 34 heavy (non-hydrogen) atoms. The highest BCUT2D eigenvalue weighted by Crippen LogP contribution is 2.30. The molecule has 0 fully saturated rings. The lowest BCUT2D eigenvalue weighted by Gasteiger charge is -2.25. The van der Waals surface area contributed by atoms with Gasteiger partial charge < -0.3 is 30.3 Å². The topological polar surface area (TPSA) is 121 Å². The summed E-state index contributed by atoms with van der Waals surface area (Å²) in [7, 11) is -1.29. The lowest BCUT2D eigenvalue weighted by atomic mass is 10.1. The molecule has 11 heteroatoms. The van der Waals surface area contributed by atoms with Gasteiger partial charge in [-0.05, 0) is 56.6 Å². The first-order chi connectivity index (χ1) is 15.5. The van der Waals surface area contributed by atoms with Crippen molar-refractivity contribution in [1.82, 2.24) is 14.6 Å². The van der Waals surface area contributed by atoms with Gasteiger partial charge in [0.25, 0.3) is 5.91 Å². The number of carbonyl (C=O) groups is 1. The van der Waals surface area contributed by atoms with Gasteiger partial charge in [0.1, 0.15) is 17.8 Å². The van der Waals surface area contributed by atoms with Crippen molar-refractivity contribution in [3.8, 4) is 0 Å². The Balaban J connectivity index is 2.62. The number of hydrogen-bond acceptors (Lipinski definition) is 6. The Hall–Kier alpha value is -1.66. The van der Waals surface area contributed by atoms with Gasteiger partial charge in [-0.1, -0.05) is 19.6 Å². The van der Waals surface area contributed by atoms with Crippen molar-refractivity contribution in [3.63, 3.8) is 0 Å². The molecule has 0 spiro atoms. The Bertz CT molecular complexity index is 1100. The Kier molecular flexibility index (Phi) is 8.85. The van der Waals surface area contributed by atoms with E-state index in [4.69, 9.17) is 15.3 Å². The molecule has 0 aliphatic rings. The van der Waals surface area contributed by atoms with Crippen LogP contribution in [0, 0.1) is 6.92 Å². The first-order valence-corrected chi connectivity index (χ1v) is 15.9. The summed E-state index contributed by atoms with van der Waals surface area (Å²) in [6.07, 6.45) is 1.50. The molecule has 0 radical (unpaired) electrons. The normalized spacial score (nSPS) is 12.9. The molecule has 0 aliphatic carbocycles. The predicted molar refractivity (Wildman–Crippen MR) is 141 cm³/mol. The number of nitrogens with zero attached hydrogens (tertiary/aromatic N) is 2. The third-order valence-corrected chi connectivity index (χ3v) is 7.66. The van der Waals surface area contributed by atoms with Crippen molar-refractivity contribution in [2.24, 2.45) is 5.73 Å². The molecule has 0 unspecified atom stereocenters. The zero-order valence-electron chi connectivity index (χ0n) is 21.5. The first kappa shape index (κ1) is 28.6. The number of rotatable bonds is 11. The van der Waals surface area contributed by atoms with E-state index in [-0.39, 0.29) is 25.7 Å². The molecule has 0 aromatic carbocycles. The van der Waals surface area contributed by atoms with E-state index in [2.05, 4.69) is 40.9 Å². The van der Waals surface area contributed by atoms with Gasteiger partial charge in [0.15, 0.2) is 0 Å². The molecule has 0 saturated heterocycles. The van der Waals surface area contributed by atoms with Crippen LogP contribution in [0.3, 0.4) is 0 Å². The van der Waals surface area contributed by atoms with Gasteiger partial charge >= 0.3 is 5.56 Å². The Morgan fingerprint density at radius 3 is 2.41 bits per heavy atom. The fourth-order valence-corrected chi connectivity index (χ4v) is 4.58. The maximum absolute atomic E-state index is 13.5. The van der Waals surface area contributed by atoms with Crippen LogP contribution in [-0.4, -0.2) is 59.3 Å². The number of fused-ring (bicyclic) bond motifs is 1. The largest absolute Gasteiger partial charge is 0.403 e. The molecule has 0 aliphatic heterocycles. The summed E-state index contributed by atoms with van der Waals surface area (Å²) in [5.41, 5.74) is 4.75. The molecule has 2 rings (SSSR count). The standard InChI is InChI=1S/C23H39BrN4O5Si/c1-15-17(20(29)26-13-22(2,3)31)18-16(24)11-28(33-23(4,5)12-25)21(30)19(18)27(15)14-32-9-10-34(6,7)8/h11,31H,9-10,12-14,25H2,1-8H3,(H,26,29). The lowest BCUT2D eigenvalue weighted by molar-refractivity contribution is -0.0269. The summed E-state index contributed by atoms with van der Waals surface area (Å²) < 4.78 is 9.33. The minimum atomic E-state index is -1.29. The number of amides is 1. The molecule has 2 aromatic rings. The summed E-state index contributed by atoms with van der Waals surface area (Å²) in [6.45, 7) is 16.3. The highest BCUT2D eigenvalue weighted by molar-refractivity contribution is 9.10. The zero-order valence-corrected chi connectivity index (χ0v) is 24.1. The number of nitrogens with one attached hydrogen (secondary N) is 1. The second-order valence-corrected chi connectivity index (χ2v) is 17.6. The molecule has 4 N–H and O–H groups in total. The summed E-state index contributed by atoms with van der Waals surface area (Å²) in [6, 6.07) is 0.978. The van der Waals surface area contributed by atoms with Crippen LogP contribution in [0.25, 0.3) is 10.9 Å². The molecule has 192 valence electrons. The monoisotopic (exact) mass is 558 g/mol. The van der Waals surface area contributed by atoms with Crippen LogP contribution in [0.2, 0.25) is 25.7 Å². The van der Waals surface area contributed by atoms with Crippen LogP contribution in [0.5, 0.6) is 0 Å². The van der Waals surface area contributed by atoms with Crippen LogP contribution in [0.15, 0.2) is 15.5 Å². The zero-order chi connectivity index (χ0) is 26.1. The fourth-order valence-electron chi connectivity index (χ4n) is 3.25. The number of carbonyl (C=O) groups excluding carboxylic acids is 1. The lowest BCUT2D eigenvalue weighted by Crippen LogP contribution is -2.45. The Morgan fingerprint density at radius 2 is 1.88 bits per heavy atom. The predicted octanol–water partition coefficient (Wildman–Crippen LogP) is 2.85. The van der Waals surface area contributed by atoms with Crippen LogP contribution < -0.4 is 21.4 Å². The van der Waals surface area contributed by atoms with E-state index in [1.165, 1.54) is 6.20 Å². The van der Waals surface area contributed by atoms with Gasteiger partial charge in [-0.15, -0.1) is 4.73 Å². The average molecular weight is 560 g/mol. The van der Waals surface area contributed by atoms with Crippen molar-refractivity contribution in [1.29, 1.82) is 0 Å². The molecule has 2 heterocycles. The first-order valence-electron chi connectivity index (χ1n) is 11.4. The SMILES string of the molecule is Cc1c(C(=O)NCC(C)(C)O)c2c(Br)cn(OC(C)(C)CN)c(=O)c2n1COCC[Si](C)(C)C. The van der Waals surface area contributed by atoms with Gasteiger partial charge in [0.2, 0.25) is 0 Å². The van der Waals surface area contributed by atoms with Crippen molar-refractivity contribution < 1.29 is 19.5 Å². The summed E-state index contributed by atoms with van der Waals surface area (Å²) in [4.78, 5) is 32.6. The van der Waals surface area contributed by atoms with E-state index < -0.39 is 24.8 Å². The minimum Gasteiger partial charge on any atom is -0.403 e. The van der Waals surface area contributed by atoms with Gasteiger partial charge in [0.05, 0.1) is 17.4 Å². The van der Waals surface area contributed by atoms with Crippen LogP contribution in [0.1, 0.15) is 43.7 Å². The Labute approximate surface area is 210 Å². The average Bonchev–Trinajstić information content (AvgIpc) is 2.99. The fraction of sp³-hybridized carbons (Fsp3) is 0.652. The molecule has 0 saturated carbocycles. The summed E-state index contributed by atoms with van der Waals surface area (Å²) in [5.74, 6) is -0.383. The van der Waals surface area contributed by atoms with Crippen LogP contribution in [-0.2, 0) is 11.5 Å². The number of aromatic nitrogens is 2. The van der Waals surface area contributed by atoms with E-state index in [9.17, 15) is 14.7 Å². The number of aliphatic hydroxyl groups is 1. The number of halogens is 1. The molecule has 9 nitrogen and oxygen atoms in total. The van der Waals surface area contributed by atoms with E-state index in [0.29, 0.717) is 33.2 Å². The molecule has 0 bridgehead atoms. The van der Waals surface area contributed by atoms with Gasteiger partial charge in [-0.25, -0.2) is 0 Å². The number of ether oxygens (including phenoxy) is 1. The van der Waals surface area contributed by atoms with E-state index >= 15 is 0 Å². The maximum atomic E-state index is 13.5. The highest BCUT2D eigenvalue weighted by Gasteiger charge is 2.28. The van der Waals surface area contributed by atoms with Gasteiger partial charge in [0, 0.05) is 43.3 Å². The van der Waals surface area contributed by atoms with Crippen LogP contribution in [0.4, 0.5) is 0 Å². The molecular formula is C23H39BrN4O5Si. The molecular weight excluding hydrogens is 520 g/mol. The molecule has 2 aromatic heterocycles. The third kappa shape index (κ3) is 7.17.